The Kier molecular flexibility index (Phi) is 10.00. The molecule has 248 valence electrons. The fourth-order valence-corrected chi connectivity index (χ4v) is 5.66. The molecular formula is C36H33BrN8O4. The Labute approximate surface area is 290 Å². The first-order chi connectivity index (χ1) is 23.8. The maximum absolute atomic E-state index is 13.4. The molecule has 0 aliphatic heterocycles. The number of aromatic nitrogens is 4. The first-order valence-electron chi connectivity index (χ1n) is 15.5. The predicted octanol–water partition coefficient (Wildman–Crippen LogP) is 8.21. The van der Waals surface area contributed by atoms with E-state index in [9.17, 15) is 9.59 Å². The van der Waals surface area contributed by atoms with Gasteiger partial charge in [-0.2, -0.15) is 10.1 Å². The minimum atomic E-state index is -0.554. The number of hydrogen-bond acceptors (Lipinski definition) is 8. The van der Waals surface area contributed by atoms with Crippen molar-refractivity contribution in [2.75, 3.05) is 23.1 Å². The van der Waals surface area contributed by atoms with Crippen LogP contribution in [0.1, 0.15) is 35.8 Å². The third-order valence-electron chi connectivity index (χ3n) is 7.52. The Morgan fingerprint density at radius 3 is 2.49 bits per heavy atom. The van der Waals surface area contributed by atoms with Crippen molar-refractivity contribution in [3.8, 4) is 23.1 Å². The van der Waals surface area contributed by atoms with Gasteiger partial charge in [-0.15, -0.1) is 0 Å². The highest BCUT2D eigenvalue weighted by molar-refractivity contribution is 9.10. The van der Waals surface area contributed by atoms with Crippen LogP contribution in [0.5, 0.6) is 17.4 Å². The average Bonchev–Trinajstić information content (AvgIpc) is 3.50. The Morgan fingerprint density at radius 2 is 1.73 bits per heavy atom. The molecule has 6 rings (SSSR count). The van der Waals surface area contributed by atoms with Crippen molar-refractivity contribution in [3.63, 3.8) is 0 Å². The molecule has 2 aromatic heterocycles. The number of hydrogen-bond donors (Lipinski definition) is 4. The van der Waals surface area contributed by atoms with Gasteiger partial charge in [0, 0.05) is 44.8 Å². The van der Waals surface area contributed by atoms with E-state index in [4.69, 9.17) is 20.3 Å². The van der Waals surface area contributed by atoms with Crippen LogP contribution in [0.15, 0.2) is 102 Å². The lowest BCUT2D eigenvalue weighted by Crippen LogP contribution is -2.21. The zero-order valence-corrected chi connectivity index (χ0v) is 28.3. The lowest BCUT2D eigenvalue weighted by atomic mass is 10.1. The molecule has 0 saturated carbocycles. The number of nitrogens with one attached hydrogen (secondary N) is 3. The number of rotatable bonds is 12. The third-order valence-corrected chi connectivity index (χ3v) is 7.98. The first-order valence-corrected chi connectivity index (χ1v) is 16.3. The summed E-state index contributed by atoms with van der Waals surface area (Å²) in [4.78, 5) is 33.9. The molecule has 2 heterocycles. The molecule has 0 unspecified atom stereocenters. The second-order valence-corrected chi connectivity index (χ2v) is 11.9. The fraction of sp³-hybridized carbons (Fsp3) is 0.139. The Bertz CT molecular complexity index is 2130. The summed E-state index contributed by atoms with van der Waals surface area (Å²) in [7, 11) is 1.62. The molecule has 0 aliphatic carbocycles. The number of nitrogens with two attached hydrogens (primary N) is 1. The van der Waals surface area contributed by atoms with Crippen molar-refractivity contribution in [2.45, 2.75) is 26.2 Å². The summed E-state index contributed by atoms with van der Waals surface area (Å²) >= 11 is 3.39. The number of aryl methyl sites for hydroxylation is 1. The van der Waals surface area contributed by atoms with Crippen LogP contribution in [-0.4, -0.2) is 38.8 Å². The molecule has 13 heteroatoms. The van der Waals surface area contributed by atoms with E-state index in [-0.39, 0.29) is 11.8 Å². The number of anilines is 4. The van der Waals surface area contributed by atoms with E-state index in [1.807, 2.05) is 54.6 Å². The molecule has 0 spiro atoms. The summed E-state index contributed by atoms with van der Waals surface area (Å²) in [5.74, 6) is 1.80. The molecular weight excluding hydrogens is 688 g/mol. The van der Waals surface area contributed by atoms with Gasteiger partial charge in [0.1, 0.15) is 17.3 Å². The summed E-state index contributed by atoms with van der Waals surface area (Å²) in [5, 5.41) is 15.3. The number of primary amides is 1. The fourth-order valence-electron chi connectivity index (χ4n) is 5.16. The van der Waals surface area contributed by atoms with E-state index < -0.39 is 11.9 Å². The molecule has 49 heavy (non-hydrogen) atoms. The zero-order chi connectivity index (χ0) is 34.3. The van der Waals surface area contributed by atoms with Gasteiger partial charge in [-0.05, 0) is 67.4 Å². The molecule has 6 aromatic rings. The van der Waals surface area contributed by atoms with E-state index in [0.29, 0.717) is 33.0 Å². The number of ether oxygens (including phenoxy) is 2. The normalized spacial score (nSPS) is 10.8. The minimum absolute atomic E-state index is 0.261. The van der Waals surface area contributed by atoms with Gasteiger partial charge < -0.3 is 25.8 Å². The SMILES string of the molecule is CCCCc1cc(NC(=O)Nc2ccc(Oc3ccnc(Nc4cc(Br)cc(C(N)=O)c4)n3)c3ccccc23)n(-c2ccc(OC)cc2)n1. The third kappa shape index (κ3) is 7.96. The van der Waals surface area contributed by atoms with Crippen molar-refractivity contribution in [3.05, 3.63) is 113 Å². The number of fused-ring (bicyclic) bond motifs is 1. The van der Waals surface area contributed by atoms with E-state index in [1.165, 1.54) is 0 Å². The molecule has 0 bridgehead atoms. The van der Waals surface area contributed by atoms with Crippen molar-refractivity contribution in [2.24, 2.45) is 5.73 Å². The molecule has 12 nitrogen and oxygen atoms in total. The molecule has 3 amide bonds. The van der Waals surface area contributed by atoms with Crippen LogP contribution < -0.4 is 31.2 Å². The van der Waals surface area contributed by atoms with Crippen molar-refractivity contribution in [1.82, 2.24) is 19.7 Å². The lowest BCUT2D eigenvalue weighted by Gasteiger charge is -2.14. The molecule has 0 fully saturated rings. The molecule has 0 saturated heterocycles. The van der Waals surface area contributed by atoms with Crippen molar-refractivity contribution in [1.29, 1.82) is 0 Å². The highest BCUT2D eigenvalue weighted by Gasteiger charge is 2.16. The van der Waals surface area contributed by atoms with Crippen molar-refractivity contribution >= 4 is 61.8 Å². The predicted molar refractivity (Wildman–Crippen MR) is 193 cm³/mol. The average molecular weight is 722 g/mol. The summed E-state index contributed by atoms with van der Waals surface area (Å²) in [5.41, 5.74) is 8.62. The number of carbonyl (C=O) groups excluding carboxylic acids is 2. The molecule has 0 aliphatic rings. The number of amides is 3. The van der Waals surface area contributed by atoms with Crippen molar-refractivity contribution < 1.29 is 19.1 Å². The molecule has 4 aromatic carbocycles. The van der Waals surface area contributed by atoms with E-state index in [2.05, 4.69) is 48.8 Å². The van der Waals surface area contributed by atoms with Crippen LogP contribution in [-0.2, 0) is 6.42 Å². The number of carbonyl (C=O) groups is 2. The number of methoxy groups -OCH3 is 1. The molecule has 5 N–H and O–H groups in total. The van der Waals surface area contributed by atoms with Crippen LogP contribution in [0.25, 0.3) is 16.5 Å². The van der Waals surface area contributed by atoms with Gasteiger partial charge in [0.15, 0.2) is 0 Å². The number of benzene rings is 4. The maximum atomic E-state index is 13.4. The summed E-state index contributed by atoms with van der Waals surface area (Å²) < 4.78 is 13.9. The van der Waals surface area contributed by atoms with Gasteiger partial charge >= 0.3 is 6.03 Å². The van der Waals surface area contributed by atoms with Crippen LogP contribution in [0.3, 0.4) is 0 Å². The number of halogens is 1. The van der Waals surface area contributed by atoms with E-state index in [0.717, 1.165) is 47.2 Å². The van der Waals surface area contributed by atoms with Crippen LogP contribution in [0.4, 0.5) is 27.9 Å². The largest absolute Gasteiger partial charge is 0.497 e. The highest BCUT2D eigenvalue weighted by atomic mass is 79.9. The second kappa shape index (κ2) is 14.9. The maximum Gasteiger partial charge on any atom is 0.324 e. The van der Waals surface area contributed by atoms with Crippen LogP contribution in [0.2, 0.25) is 0 Å². The summed E-state index contributed by atoms with van der Waals surface area (Å²) in [6.45, 7) is 2.13. The zero-order valence-electron chi connectivity index (χ0n) is 26.7. The summed E-state index contributed by atoms with van der Waals surface area (Å²) in [6.07, 6.45) is 4.38. The Balaban J connectivity index is 1.21. The molecule has 0 radical (unpaired) electrons. The standard InChI is InChI=1S/C36H33BrN8O4/c1-3-4-7-24-21-32(45(44-24)26-10-12-27(48-2)13-11-26)42-36(47)41-30-14-15-31(29-9-6-5-8-28(29)30)49-33-16-17-39-35(43-33)40-25-19-22(34(38)46)18-23(37)20-25/h5-6,8-21H,3-4,7H2,1-2H3,(H2,38,46)(H,39,40,43)(H2,41,42,47). The minimum Gasteiger partial charge on any atom is -0.497 e. The number of unbranched alkanes of at least 4 members (excludes halogenated alkanes) is 1. The van der Waals surface area contributed by atoms with Crippen LogP contribution >= 0.6 is 15.9 Å². The smallest absolute Gasteiger partial charge is 0.324 e. The number of nitrogens with zero attached hydrogens (tertiary/aromatic N) is 4. The van der Waals surface area contributed by atoms with Gasteiger partial charge in [-0.1, -0.05) is 53.5 Å². The van der Waals surface area contributed by atoms with Gasteiger partial charge in [0.2, 0.25) is 17.7 Å². The Morgan fingerprint density at radius 1 is 0.939 bits per heavy atom. The second-order valence-electron chi connectivity index (χ2n) is 11.0. The summed E-state index contributed by atoms with van der Waals surface area (Å²) in [6, 6.07) is 26.7. The number of urea groups is 1. The van der Waals surface area contributed by atoms with Gasteiger partial charge in [0.05, 0.1) is 24.2 Å². The van der Waals surface area contributed by atoms with E-state index >= 15 is 0 Å². The monoisotopic (exact) mass is 720 g/mol. The van der Waals surface area contributed by atoms with Crippen LogP contribution in [0, 0.1) is 0 Å². The molecule has 0 atom stereocenters. The lowest BCUT2D eigenvalue weighted by molar-refractivity contribution is 0.1000. The quantitative estimate of drug-likeness (QED) is 0.0985. The topological polar surface area (TPSA) is 158 Å². The Hall–Kier alpha value is -5.95. The first kappa shape index (κ1) is 33.0. The highest BCUT2D eigenvalue weighted by Crippen LogP contribution is 2.34. The van der Waals surface area contributed by atoms with Gasteiger partial charge in [0.25, 0.3) is 0 Å². The van der Waals surface area contributed by atoms with E-state index in [1.54, 1.807) is 54.4 Å². The van der Waals surface area contributed by atoms with Gasteiger partial charge in [-0.3, -0.25) is 10.1 Å². The van der Waals surface area contributed by atoms with Gasteiger partial charge in [-0.25, -0.2) is 14.5 Å².